The molecule has 1 saturated heterocycles. The molecule has 1 aromatic rings. The first-order valence-electron chi connectivity index (χ1n) is 5.76. The van der Waals surface area contributed by atoms with Crippen LogP contribution in [0.5, 0.6) is 0 Å². The molecule has 0 unspecified atom stereocenters. The third-order valence-electron chi connectivity index (χ3n) is 3.33. The van der Waals surface area contributed by atoms with Crippen LogP contribution in [-0.2, 0) is 10.0 Å². The molecule has 0 spiro atoms. The Labute approximate surface area is 106 Å². The molecule has 1 N–H and O–H groups in total. The molecule has 1 fully saturated rings. The second kappa shape index (κ2) is 4.60. The number of aryl methyl sites for hydroxylation is 1. The van der Waals surface area contributed by atoms with Gasteiger partial charge in [-0.25, -0.2) is 12.8 Å². The van der Waals surface area contributed by atoms with Crippen molar-refractivity contribution in [2.75, 3.05) is 13.1 Å². The minimum atomic E-state index is -3.55. The Morgan fingerprint density at radius 3 is 2.56 bits per heavy atom. The van der Waals surface area contributed by atoms with Crippen molar-refractivity contribution in [2.24, 2.45) is 5.92 Å². The van der Waals surface area contributed by atoms with Crippen molar-refractivity contribution >= 4 is 10.0 Å². The zero-order chi connectivity index (χ0) is 13.5. The van der Waals surface area contributed by atoms with Gasteiger partial charge >= 0.3 is 0 Å². The molecular weight excluding hydrogens is 257 g/mol. The molecule has 0 amide bonds. The van der Waals surface area contributed by atoms with E-state index >= 15 is 0 Å². The summed E-state index contributed by atoms with van der Waals surface area (Å²) in [5, 5.41) is 9.34. The second-order valence-corrected chi connectivity index (χ2v) is 6.67. The summed E-state index contributed by atoms with van der Waals surface area (Å²) in [5.74, 6) is -0.430. The molecule has 1 aliphatic rings. The molecule has 6 heteroatoms. The summed E-state index contributed by atoms with van der Waals surface area (Å²) in [6.07, 6.45) is -0.508. The highest BCUT2D eigenvalue weighted by atomic mass is 32.2. The second-order valence-electron chi connectivity index (χ2n) is 4.73. The summed E-state index contributed by atoms with van der Waals surface area (Å²) >= 11 is 0. The van der Waals surface area contributed by atoms with E-state index in [-0.39, 0.29) is 10.8 Å². The van der Waals surface area contributed by atoms with Gasteiger partial charge in [0.05, 0.1) is 11.0 Å². The van der Waals surface area contributed by atoms with Gasteiger partial charge in [-0.2, -0.15) is 4.31 Å². The zero-order valence-corrected chi connectivity index (χ0v) is 11.1. The summed E-state index contributed by atoms with van der Waals surface area (Å²) in [6, 6.07) is 3.77. The van der Waals surface area contributed by atoms with Gasteiger partial charge in [0, 0.05) is 19.0 Å². The van der Waals surface area contributed by atoms with Crippen molar-refractivity contribution in [1.82, 2.24) is 4.31 Å². The maximum atomic E-state index is 13.1. The van der Waals surface area contributed by atoms with Gasteiger partial charge in [0.2, 0.25) is 10.0 Å². The first-order chi connectivity index (χ1) is 8.32. The Balaban J connectivity index is 2.20. The van der Waals surface area contributed by atoms with Gasteiger partial charge < -0.3 is 5.11 Å². The van der Waals surface area contributed by atoms with Crippen LogP contribution >= 0.6 is 0 Å². The van der Waals surface area contributed by atoms with Crippen LogP contribution in [-0.4, -0.2) is 37.0 Å². The predicted molar refractivity (Wildman–Crippen MR) is 65.1 cm³/mol. The Morgan fingerprint density at radius 2 is 2.06 bits per heavy atom. The van der Waals surface area contributed by atoms with Crippen LogP contribution in [0.1, 0.15) is 12.5 Å². The van der Waals surface area contributed by atoms with Gasteiger partial charge in [-0.05, 0) is 37.6 Å². The molecule has 0 aromatic heterocycles. The topological polar surface area (TPSA) is 57.6 Å². The van der Waals surface area contributed by atoms with E-state index in [1.54, 1.807) is 6.92 Å². The number of sulfonamides is 1. The SMILES string of the molecule is Cc1cc(S(=O)(=O)N2CC([C@H](C)O)C2)ccc1F. The van der Waals surface area contributed by atoms with E-state index in [1.165, 1.54) is 23.4 Å². The first-order valence-corrected chi connectivity index (χ1v) is 7.20. The molecule has 1 aliphatic heterocycles. The highest BCUT2D eigenvalue weighted by Gasteiger charge is 2.38. The highest BCUT2D eigenvalue weighted by molar-refractivity contribution is 7.89. The van der Waals surface area contributed by atoms with Crippen LogP contribution in [0.2, 0.25) is 0 Å². The molecule has 100 valence electrons. The lowest BCUT2D eigenvalue weighted by molar-refractivity contribution is 0.0499. The number of hydrogen-bond donors (Lipinski definition) is 1. The average Bonchev–Trinajstić information content (AvgIpc) is 2.18. The first kappa shape index (κ1) is 13.5. The molecule has 1 atom stereocenters. The predicted octanol–water partition coefficient (Wildman–Crippen LogP) is 1.14. The smallest absolute Gasteiger partial charge is 0.243 e. The number of hydrogen-bond acceptors (Lipinski definition) is 3. The molecule has 18 heavy (non-hydrogen) atoms. The molecule has 1 aromatic carbocycles. The maximum absolute atomic E-state index is 13.1. The van der Waals surface area contributed by atoms with Crippen molar-refractivity contribution in [1.29, 1.82) is 0 Å². The van der Waals surface area contributed by atoms with E-state index in [1.807, 2.05) is 0 Å². The Bertz CT molecular complexity index is 550. The lowest BCUT2D eigenvalue weighted by Crippen LogP contribution is -2.53. The highest BCUT2D eigenvalue weighted by Crippen LogP contribution is 2.27. The summed E-state index contributed by atoms with van der Waals surface area (Å²) < 4.78 is 38.7. The number of halogens is 1. The normalized spacial score (nSPS) is 19.6. The Hall–Kier alpha value is -0.980. The van der Waals surface area contributed by atoms with E-state index in [0.717, 1.165) is 6.07 Å². The van der Waals surface area contributed by atoms with E-state index in [0.29, 0.717) is 18.7 Å². The summed E-state index contributed by atoms with van der Waals surface area (Å²) in [7, 11) is -3.55. The Morgan fingerprint density at radius 1 is 1.44 bits per heavy atom. The quantitative estimate of drug-likeness (QED) is 0.898. The fourth-order valence-corrected chi connectivity index (χ4v) is 3.54. The number of benzene rings is 1. The molecule has 0 radical (unpaired) electrons. The van der Waals surface area contributed by atoms with Gasteiger partial charge in [-0.1, -0.05) is 0 Å². The number of rotatable bonds is 3. The summed E-state index contributed by atoms with van der Waals surface area (Å²) in [4.78, 5) is 0.102. The van der Waals surface area contributed by atoms with Crippen LogP contribution in [0.4, 0.5) is 4.39 Å². The van der Waals surface area contributed by atoms with Crippen LogP contribution in [0.3, 0.4) is 0 Å². The summed E-state index contributed by atoms with van der Waals surface area (Å²) in [5.41, 5.74) is 0.309. The molecule has 0 saturated carbocycles. The van der Waals surface area contributed by atoms with Gasteiger partial charge in [-0.3, -0.25) is 0 Å². The molecular formula is C12H16FNO3S. The lowest BCUT2D eigenvalue weighted by atomic mass is 9.98. The third kappa shape index (κ3) is 2.28. The molecule has 2 rings (SSSR count). The Kier molecular flexibility index (Phi) is 3.44. The van der Waals surface area contributed by atoms with Crippen LogP contribution in [0, 0.1) is 18.7 Å². The van der Waals surface area contributed by atoms with Crippen LogP contribution < -0.4 is 0 Å². The van der Waals surface area contributed by atoms with Crippen molar-refractivity contribution in [2.45, 2.75) is 24.8 Å². The van der Waals surface area contributed by atoms with Crippen molar-refractivity contribution < 1.29 is 17.9 Å². The average molecular weight is 273 g/mol. The molecule has 0 aliphatic carbocycles. The van der Waals surface area contributed by atoms with E-state index in [9.17, 15) is 17.9 Å². The van der Waals surface area contributed by atoms with Gasteiger partial charge in [0.15, 0.2) is 0 Å². The van der Waals surface area contributed by atoms with E-state index < -0.39 is 21.9 Å². The molecule has 4 nitrogen and oxygen atoms in total. The van der Waals surface area contributed by atoms with Gasteiger partial charge in [0.1, 0.15) is 5.82 Å². The van der Waals surface area contributed by atoms with E-state index in [2.05, 4.69) is 0 Å². The fourth-order valence-electron chi connectivity index (χ4n) is 1.90. The summed E-state index contributed by atoms with van der Waals surface area (Å²) in [6.45, 7) is 3.81. The lowest BCUT2D eigenvalue weighted by Gasteiger charge is -2.39. The molecule has 0 bridgehead atoms. The molecule has 1 heterocycles. The zero-order valence-electron chi connectivity index (χ0n) is 10.3. The fraction of sp³-hybridized carbons (Fsp3) is 0.500. The minimum Gasteiger partial charge on any atom is -0.393 e. The minimum absolute atomic E-state index is 0.0127. The monoisotopic (exact) mass is 273 g/mol. The van der Waals surface area contributed by atoms with Crippen LogP contribution in [0.15, 0.2) is 23.1 Å². The number of nitrogens with zero attached hydrogens (tertiary/aromatic N) is 1. The number of aliphatic hydroxyl groups excluding tert-OH is 1. The van der Waals surface area contributed by atoms with E-state index in [4.69, 9.17) is 0 Å². The largest absolute Gasteiger partial charge is 0.393 e. The maximum Gasteiger partial charge on any atom is 0.243 e. The number of aliphatic hydroxyl groups is 1. The van der Waals surface area contributed by atoms with Crippen molar-refractivity contribution in [3.63, 3.8) is 0 Å². The van der Waals surface area contributed by atoms with Gasteiger partial charge in [-0.15, -0.1) is 0 Å². The van der Waals surface area contributed by atoms with Crippen LogP contribution in [0.25, 0.3) is 0 Å². The van der Waals surface area contributed by atoms with Gasteiger partial charge in [0.25, 0.3) is 0 Å². The van der Waals surface area contributed by atoms with Crippen molar-refractivity contribution in [3.8, 4) is 0 Å². The van der Waals surface area contributed by atoms with Crippen molar-refractivity contribution in [3.05, 3.63) is 29.6 Å². The third-order valence-corrected chi connectivity index (χ3v) is 5.15. The standard InChI is InChI=1S/C12H16FNO3S/c1-8-5-11(3-4-12(8)13)18(16,17)14-6-10(7-14)9(2)15/h3-5,9-10,15H,6-7H2,1-2H3/t9-/m0/s1.